The average molecular weight is 316 g/mol. The van der Waals surface area contributed by atoms with Crippen LogP contribution in [-0.4, -0.2) is 12.5 Å². The quantitative estimate of drug-likeness (QED) is 0.670. The normalized spacial score (nSPS) is 10.4. The molecule has 22 heavy (non-hydrogen) atoms. The van der Waals surface area contributed by atoms with Gasteiger partial charge >= 0.3 is 0 Å². The summed E-state index contributed by atoms with van der Waals surface area (Å²) >= 11 is 0. The molecule has 0 atom stereocenters. The second-order valence-electron chi connectivity index (χ2n) is 4.25. The lowest BCUT2D eigenvalue weighted by molar-refractivity contribution is -0.114. The first-order valence-corrected chi connectivity index (χ1v) is 6.00. The van der Waals surface area contributed by atoms with E-state index >= 15 is 0 Å². The molecule has 1 amide bonds. The molecule has 0 bridgehead atoms. The van der Waals surface area contributed by atoms with Crippen LogP contribution >= 0.6 is 0 Å². The molecule has 0 saturated heterocycles. The molecule has 2 aromatic rings. The fourth-order valence-electron chi connectivity index (χ4n) is 1.62. The van der Waals surface area contributed by atoms with Gasteiger partial charge in [0.1, 0.15) is 11.6 Å². The fraction of sp³-hybridized carbons (Fsp3) is 0.0714. The van der Waals surface area contributed by atoms with Crippen LogP contribution in [0.25, 0.3) is 0 Å². The molecule has 0 saturated carbocycles. The Hall–Kier alpha value is -2.64. The van der Waals surface area contributed by atoms with Crippen LogP contribution in [0.1, 0.15) is 0 Å². The van der Waals surface area contributed by atoms with Crippen molar-refractivity contribution in [1.82, 2.24) is 0 Å². The van der Waals surface area contributed by atoms with Gasteiger partial charge in [-0.25, -0.2) is 22.0 Å². The van der Waals surface area contributed by atoms with E-state index in [2.05, 4.69) is 10.6 Å². The third-order valence-corrected chi connectivity index (χ3v) is 2.68. The molecule has 0 aliphatic carbocycles. The van der Waals surface area contributed by atoms with Gasteiger partial charge in [0.05, 0.1) is 17.9 Å². The average Bonchev–Trinajstić information content (AvgIpc) is 2.47. The van der Waals surface area contributed by atoms with Crippen LogP contribution in [0.4, 0.5) is 33.3 Å². The summed E-state index contributed by atoms with van der Waals surface area (Å²) in [7, 11) is 0. The van der Waals surface area contributed by atoms with Gasteiger partial charge < -0.3 is 10.6 Å². The largest absolute Gasteiger partial charge is 0.374 e. The maximum absolute atomic E-state index is 13.3. The number of carbonyl (C=O) groups is 1. The number of carbonyl (C=O) groups excluding carboxylic acids is 1. The van der Waals surface area contributed by atoms with E-state index in [4.69, 9.17) is 0 Å². The van der Waals surface area contributed by atoms with Crippen molar-refractivity contribution in [3.8, 4) is 0 Å². The third-order valence-electron chi connectivity index (χ3n) is 2.68. The lowest BCUT2D eigenvalue weighted by atomic mass is 10.2. The van der Waals surface area contributed by atoms with Gasteiger partial charge in [0.15, 0.2) is 17.5 Å². The second-order valence-corrected chi connectivity index (χ2v) is 4.25. The van der Waals surface area contributed by atoms with Crippen LogP contribution in [0.15, 0.2) is 30.3 Å². The Balaban J connectivity index is 2.00. The maximum Gasteiger partial charge on any atom is 0.243 e. The van der Waals surface area contributed by atoms with Crippen molar-refractivity contribution in [2.45, 2.75) is 0 Å². The summed E-state index contributed by atoms with van der Waals surface area (Å²) in [5.74, 6) is -7.07. The molecule has 2 aromatic carbocycles. The van der Waals surface area contributed by atoms with Crippen molar-refractivity contribution in [3.63, 3.8) is 0 Å². The molecular formula is C14H9F5N2O. The van der Waals surface area contributed by atoms with E-state index in [1.807, 2.05) is 0 Å². The van der Waals surface area contributed by atoms with Crippen LogP contribution < -0.4 is 10.6 Å². The van der Waals surface area contributed by atoms with Gasteiger partial charge in [-0.1, -0.05) is 0 Å². The van der Waals surface area contributed by atoms with E-state index in [0.29, 0.717) is 12.1 Å². The smallest absolute Gasteiger partial charge is 0.243 e. The van der Waals surface area contributed by atoms with Crippen LogP contribution in [-0.2, 0) is 4.79 Å². The Kier molecular flexibility index (Phi) is 4.59. The third kappa shape index (κ3) is 3.51. The molecule has 3 nitrogen and oxygen atoms in total. The number of hydrogen-bond acceptors (Lipinski definition) is 2. The molecule has 0 heterocycles. The molecule has 0 aliphatic heterocycles. The highest BCUT2D eigenvalue weighted by molar-refractivity contribution is 5.93. The lowest BCUT2D eigenvalue weighted by Gasteiger charge is -2.09. The van der Waals surface area contributed by atoms with Crippen LogP contribution in [0.5, 0.6) is 0 Å². The maximum atomic E-state index is 13.3. The Morgan fingerprint density at radius 2 is 1.55 bits per heavy atom. The first-order valence-electron chi connectivity index (χ1n) is 6.00. The SMILES string of the molecule is O=C(CNc1ccc(F)c(F)c1F)Nc1ccc(F)cc1F. The Morgan fingerprint density at radius 3 is 2.23 bits per heavy atom. The lowest BCUT2D eigenvalue weighted by Crippen LogP contribution is -2.23. The van der Waals surface area contributed by atoms with Crippen LogP contribution in [0.3, 0.4) is 0 Å². The summed E-state index contributed by atoms with van der Waals surface area (Å²) in [6, 6.07) is 4.15. The van der Waals surface area contributed by atoms with E-state index in [9.17, 15) is 26.7 Å². The zero-order valence-corrected chi connectivity index (χ0v) is 10.9. The molecule has 0 aliphatic rings. The van der Waals surface area contributed by atoms with Gasteiger partial charge in [-0.15, -0.1) is 0 Å². The molecule has 2 rings (SSSR count). The predicted molar refractivity (Wildman–Crippen MR) is 69.8 cm³/mol. The van der Waals surface area contributed by atoms with E-state index < -0.39 is 47.2 Å². The van der Waals surface area contributed by atoms with E-state index in [1.54, 1.807) is 0 Å². The molecule has 0 aromatic heterocycles. The zero-order valence-electron chi connectivity index (χ0n) is 10.9. The number of benzene rings is 2. The van der Waals surface area contributed by atoms with E-state index in [0.717, 1.165) is 18.2 Å². The van der Waals surface area contributed by atoms with Crippen molar-refractivity contribution in [2.24, 2.45) is 0 Å². The topological polar surface area (TPSA) is 41.1 Å². The van der Waals surface area contributed by atoms with Gasteiger partial charge in [0.25, 0.3) is 0 Å². The summed E-state index contributed by atoms with van der Waals surface area (Å²) in [6.07, 6.45) is 0. The molecule has 0 spiro atoms. The minimum Gasteiger partial charge on any atom is -0.374 e. The van der Waals surface area contributed by atoms with Crippen molar-refractivity contribution in [3.05, 3.63) is 59.4 Å². The minimum atomic E-state index is -1.67. The summed E-state index contributed by atoms with van der Waals surface area (Å²) < 4.78 is 65.0. The Morgan fingerprint density at radius 1 is 0.864 bits per heavy atom. The summed E-state index contributed by atoms with van der Waals surface area (Å²) in [5.41, 5.74) is -0.687. The van der Waals surface area contributed by atoms with Crippen LogP contribution in [0.2, 0.25) is 0 Å². The van der Waals surface area contributed by atoms with Crippen LogP contribution in [0, 0.1) is 29.1 Å². The standard InChI is InChI=1S/C14H9F5N2O/c15-7-1-3-10(9(17)5-7)21-12(22)6-20-11-4-2-8(16)13(18)14(11)19/h1-5,20H,6H2,(H,21,22). The summed E-state index contributed by atoms with van der Waals surface area (Å²) in [6.45, 7) is -0.529. The van der Waals surface area contributed by atoms with Gasteiger partial charge in [-0.05, 0) is 24.3 Å². The molecule has 8 heteroatoms. The molecule has 0 fully saturated rings. The van der Waals surface area contributed by atoms with Crippen molar-refractivity contribution < 1.29 is 26.7 Å². The molecule has 2 N–H and O–H groups in total. The second kappa shape index (κ2) is 6.42. The van der Waals surface area contributed by atoms with Gasteiger partial charge in [0, 0.05) is 6.07 Å². The Labute approximate surface area is 121 Å². The molecule has 116 valence electrons. The van der Waals surface area contributed by atoms with Crippen molar-refractivity contribution in [1.29, 1.82) is 0 Å². The highest BCUT2D eigenvalue weighted by atomic mass is 19.2. The van der Waals surface area contributed by atoms with Gasteiger partial charge in [0.2, 0.25) is 5.91 Å². The number of hydrogen-bond donors (Lipinski definition) is 2. The number of anilines is 2. The predicted octanol–water partition coefficient (Wildman–Crippen LogP) is 3.43. The number of amides is 1. The molecular weight excluding hydrogens is 307 g/mol. The zero-order chi connectivity index (χ0) is 16.3. The highest BCUT2D eigenvalue weighted by Crippen LogP contribution is 2.19. The van der Waals surface area contributed by atoms with Gasteiger partial charge in [-0.2, -0.15) is 0 Å². The monoisotopic (exact) mass is 316 g/mol. The summed E-state index contributed by atoms with van der Waals surface area (Å²) in [5, 5.41) is 4.36. The molecule has 0 radical (unpaired) electrons. The first-order chi connectivity index (χ1) is 10.4. The number of rotatable bonds is 4. The van der Waals surface area contributed by atoms with Crippen molar-refractivity contribution in [2.75, 3.05) is 17.2 Å². The summed E-state index contributed by atoms with van der Waals surface area (Å²) in [4.78, 5) is 11.6. The van der Waals surface area contributed by atoms with E-state index in [1.165, 1.54) is 0 Å². The minimum absolute atomic E-state index is 0.265. The highest BCUT2D eigenvalue weighted by Gasteiger charge is 2.14. The Bertz CT molecular complexity index is 721. The number of nitrogens with one attached hydrogen (secondary N) is 2. The van der Waals surface area contributed by atoms with Gasteiger partial charge in [-0.3, -0.25) is 4.79 Å². The van der Waals surface area contributed by atoms with Crippen molar-refractivity contribution >= 4 is 17.3 Å². The number of halogens is 5. The first kappa shape index (κ1) is 15.7. The molecule has 0 unspecified atom stereocenters. The fourth-order valence-corrected chi connectivity index (χ4v) is 1.62. The van der Waals surface area contributed by atoms with E-state index in [-0.39, 0.29) is 5.69 Å².